The monoisotopic (exact) mass is 186 g/mol. The molecule has 1 aromatic carbocycles. The van der Waals surface area contributed by atoms with Gasteiger partial charge in [-0.15, -0.1) is 0 Å². The number of carbonyl (C=O) groups excluding carboxylic acids is 1. The van der Waals surface area contributed by atoms with E-state index in [0.29, 0.717) is 5.71 Å². The van der Waals surface area contributed by atoms with Gasteiger partial charge in [-0.25, -0.2) is 4.99 Å². The number of aliphatic imine (C=N–C) groups is 1. The number of primary amides is 1. The molecule has 0 bridgehead atoms. The van der Waals surface area contributed by atoms with Crippen molar-refractivity contribution in [2.45, 2.75) is 6.42 Å². The van der Waals surface area contributed by atoms with Crippen molar-refractivity contribution >= 4 is 11.6 Å². The van der Waals surface area contributed by atoms with Gasteiger partial charge in [0.15, 0.2) is 0 Å². The highest BCUT2D eigenvalue weighted by atomic mass is 16.1. The van der Waals surface area contributed by atoms with E-state index in [2.05, 4.69) is 4.99 Å². The van der Waals surface area contributed by atoms with Crippen LogP contribution in [0.1, 0.15) is 5.56 Å². The third-order valence-electron chi connectivity index (χ3n) is 2.05. The van der Waals surface area contributed by atoms with Gasteiger partial charge in [0.05, 0.1) is 0 Å². The van der Waals surface area contributed by atoms with E-state index in [1.54, 1.807) is 6.08 Å². The van der Waals surface area contributed by atoms with E-state index >= 15 is 0 Å². The van der Waals surface area contributed by atoms with Gasteiger partial charge in [-0.1, -0.05) is 30.3 Å². The van der Waals surface area contributed by atoms with E-state index in [0.717, 1.165) is 12.1 Å². The van der Waals surface area contributed by atoms with Crippen LogP contribution >= 0.6 is 0 Å². The van der Waals surface area contributed by atoms with Crippen molar-refractivity contribution in [1.29, 1.82) is 0 Å². The van der Waals surface area contributed by atoms with Crippen LogP contribution in [0.15, 0.2) is 47.1 Å². The number of nitrogens with two attached hydrogens (primary N) is 1. The topological polar surface area (TPSA) is 55.5 Å². The maximum Gasteiger partial charge on any atom is 0.267 e. The van der Waals surface area contributed by atoms with Crippen molar-refractivity contribution in [1.82, 2.24) is 0 Å². The summed E-state index contributed by atoms with van der Waals surface area (Å²) in [5.74, 6) is -0.457. The zero-order chi connectivity index (χ0) is 9.97. The summed E-state index contributed by atoms with van der Waals surface area (Å²) < 4.78 is 0. The van der Waals surface area contributed by atoms with E-state index in [-0.39, 0.29) is 0 Å². The van der Waals surface area contributed by atoms with E-state index in [1.807, 2.05) is 30.3 Å². The molecular weight excluding hydrogens is 176 g/mol. The van der Waals surface area contributed by atoms with E-state index in [4.69, 9.17) is 5.73 Å². The summed E-state index contributed by atoms with van der Waals surface area (Å²) in [5.41, 5.74) is 7.50. The lowest BCUT2D eigenvalue weighted by Gasteiger charge is -2.11. The van der Waals surface area contributed by atoms with E-state index in [9.17, 15) is 4.79 Å². The average Bonchev–Trinajstić information content (AvgIpc) is 2.12. The molecule has 0 unspecified atom stereocenters. The Morgan fingerprint density at radius 2 is 1.93 bits per heavy atom. The van der Waals surface area contributed by atoms with Crippen LogP contribution in [0.3, 0.4) is 0 Å². The van der Waals surface area contributed by atoms with E-state index in [1.165, 1.54) is 5.56 Å². The number of nitrogens with zero attached hydrogens (tertiary/aromatic N) is 1. The number of carbonyl (C=O) groups is 1. The molecule has 0 spiro atoms. The van der Waals surface area contributed by atoms with Gasteiger partial charge in [0.2, 0.25) is 0 Å². The molecule has 1 aliphatic heterocycles. The molecule has 0 fully saturated rings. The van der Waals surface area contributed by atoms with Gasteiger partial charge in [0.25, 0.3) is 5.91 Å². The van der Waals surface area contributed by atoms with Crippen molar-refractivity contribution in [2.75, 3.05) is 0 Å². The van der Waals surface area contributed by atoms with Crippen molar-refractivity contribution in [3.8, 4) is 0 Å². The minimum Gasteiger partial charge on any atom is -0.364 e. The van der Waals surface area contributed by atoms with Crippen LogP contribution in [0, 0.1) is 0 Å². The van der Waals surface area contributed by atoms with Gasteiger partial charge < -0.3 is 5.73 Å². The Labute approximate surface area is 82.0 Å². The van der Waals surface area contributed by atoms with Crippen molar-refractivity contribution < 1.29 is 4.79 Å². The lowest BCUT2D eigenvalue weighted by Crippen LogP contribution is -2.26. The third-order valence-corrected chi connectivity index (χ3v) is 2.05. The Kier molecular flexibility index (Phi) is 2.14. The molecular formula is C11H10N2O. The first-order valence-electron chi connectivity index (χ1n) is 4.39. The number of hydrogen-bond donors (Lipinski definition) is 1. The van der Waals surface area contributed by atoms with Gasteiger partial charge in [-0.05, 0) is 11.6 Å². The fraction of sp³-hybridized carbons (Fsp3) is 0.0909. The minimum absolute atomic E-state index is 0.371. The highest BCUT2D eigenvalue weighted by Crippen LogP contribution is 2.15. The summed E-state index contributed by atoms with van der Waals surface area (Å²) in [6.45, 7) is 0. The van der Waals surface area contributed by atoms with Crippen LogP contribution in [-0.2, 0) is 11.2 Å². The first kappa shape index (κ1) is 8.69. The number of hydrogen-bond acceptors (Lipinski definition) is 2. The quantitative estimate of drug-likeness (QED) is 0.753. The summed E-state index contributed by atoms with van der Waals surface area (Å²) in [5, 5.41) is 0. The molecule has 0 atom stereocenters. The Morgan fingerprint density at radius 1 is 1.29 bits per heavy atom. The van der Waals surface area contributed by atoms with Crippen molar-refractivity contribution in [3.63, 3.8) is 0 Å². The summed E-state index contributed by atoms with van der Waals surface area (Å²) >= 11 is 0. The maximum absolute atomic E-state index is 10.6. The zero-order valence-electron chi connectivity index (χ0n) is 7.60. The van der Waals surface area contributed by atoms with Crippen LogP contribution in [0.5, 0.6) is 0 Å². The molecule has 2 rings (SSSR count). The van der Waals surface area contributed by atoms with Crippen molar-refractivity contribution in [2.24, 2.45) is 10.7 Å². The Morgan fingerprint density at radius 3 is 2.50 bits per heavy atom. The Balaban J connectivity index is 1.98. The molecule has 1 heterocycles. The summed E-state index contributed by atoms with van der Waals surface area (Å²) in [6, 6.07) is 9.98. The largest absolute Gasteiger partial charge is 0.364 e. The molecule has 0 aliphatic carbocycles. The lowest BCUT2D eigenvalue weighted by molar-refractivity contribution is -0.111. The summed E-state index contributed by atoms with van der Waals surface area (Å²) in [7, 11) is 0. The Hall–Kier alpha value is -1.90. The molecule has 0 radical (unpaired) electrons. The smallest absolute Gasteiger partial charge is 0.267 e. The number of benzene rings is 1. The van der Waals surface area contributed by atoms with Gasteiger partial charge in [0.1, 0.15) is 5.71 Å². The lowest BCUT2D eigenvalue weighted by atomic mass is 10.1. The molecule has 70 valence electrons. The second kappa shape index (κ2) is 3.46. The second-order valence-electron chi connectivity index (χ2n) is 3.16. The molecule has 3 nitrogen and oxygen atoms in total. The normalized spacial score (nSPS) is 14.0. The molecule has 3 heteroatoms. The van der Waals surface area contributed by atoms with Crippen molar-refractivity contribution in [3.05, 3.63) is 47.7 Å². The highest BCUT2D eigenvalue weighted by molar-refractivity contribution is 6.45. The summed E-state index contributed by atoms with van der Waals surface area (Å²) in [4.78, 5) is 14.6. The van der Waals surface area contributed by atoms with Crippen LogP contribution in [0.25, 0.3) is 0 Å². The van der Waals surface area contributed by atoms with Crippen LogP contribution < -0.4 is 5.73 Å². The van der Waals surface area contributed by atoms with Crippen LogP contribution in [0.4, 0.5) is 0 Å². The van der Waals surface area contributed by atoms with Crippen LogP contribution in [-0.4, -0.2) is 11.6 Å². The molecule has 0 saturated heterocycles. The van der Waals surface area contributed by atoms with Gasteiger partial charge >= 0.3 is 0 Å². The first-order chi connectivity index (χ1) is 6.75. The zero-order valence-corrected chi connectivity index (χ0v) is 7.60. The standard InChI is InChI=1S/C11H10N2O/c12-11(14)10-7-9(13-10)6-8-4-2-1-3-5-8/h1-5,7H,6H2,(H2,12,14). The average molecular weight is 186 g/mol. The SMILES string of the molecule is NC(=O)C1=NC(Cc2ccccc2)=C1. The number of allylic oxidation sites excluding steroid dienone is 1. The molecule has 2 N–H and O–H groups in total. The first-order valence-corrected chi connectivity index (χ1v) is 4.39. The van der Waals surface area contributed by atoms with Gasteiger partial charge in [0, 0.05) is 12.1 Å². The predicted octanol–water partition coefficient (Wildman–Crippen LogP) is 1.05. The highest BCUT2D eigenvalue weighted by Gasteiger charge is 2.14. The second-order valence-corrected chi connectivity index (χ2v) is 3.16. The number of rotatable bonds is 3. The molecule has 1 amide bonds. The fourth-order valence-electron chi connectivity index (χ4n) is 1.33. The Bertz CT molecular complexity index is 418. The van der Waals surface area contributed by atoms with Crippen LogP contribution in [0.2, 0.25) is 0 Å². The summed E-state index contributed by atoms with van der Waals surface area (Å²) in [6.07, 6.45) is 2.49. The van der Waals surface area contributed by atoms with E-state index < -0.39 is 5.91 Å². The predicted molar refractivity (Wildman–Crippen MR) is 54.9 cm³/mol. The third kappa shape index (κ3) is 1.71. The molecule has 0 aromatic heterocycles. The van der Waals surface area contributed by atoms with Gasteiger partial charge in [-0.3, -0.25) is 4.79 Å². The molecule has 1 aliphatic rings. The fourth-order valence-corrected chi connectivity index (χ4v) is 1.33. The molecule has 0 saturated carbocycles. The minimum atomic E-state index is -0.457. The molecule has 14 heavy (non-hydrogen) atoms. The number of amides is 1. The maximum atomic E-state index is 10.6. The molecule has 1 aromatic rings. The van der Waals surface area contributed by atoms with Gasteiger partial charge in [-0.2, -0.15) is 0 Å².